The third kappa shape index (κ3) is 2.71. The first-order valence-electron chi connectivity index (χ1n) is 5.91. The summed E-state index contributed by atoms with van der Waals surface area (Å²) in [6, 6.07) is 13.7. The maximum Gasteiger partial charge on any atom is 0.0934 e. The highest BCUT2D eigenvalue weighted by atomic mass is 16.3. The highest BCUT2D eigenvalue weighted by Crippen LogP contribution is 2.28. The molecule has 0 aliphatic heterocycles. The van der Waals surface area contributed by atoms with E-state index in [1.54, 1.807) is 6.20 Å². The highest BCUT2D eigenvalue weighted by Gasteiger charge is 2.27. The Morgan fingerprint density at radius 1 is 1.12 bits per heavy atom. The standard InChI is InChI=1S/C15H17NO/c1-2-15(17,14-8-4-3-5-9-14)11-13-7-6-10-16-12-13/h3-10,12,17H,2,11H2,1H3. The van der Waals surface area contributed by atoms with Crippen molar-refractivity contribution in [1.82, 2.24) is 4.98 Å². The minimum Gasteiger partial charge on any atom is -0.385 e. The molecule has 2 aromatic rings. The molecular formula is C15H17NO. The molecule has 1 aromatic heterocycles. The lowest BCUT2D eigenvalue weighted by atomic mass is 9.85. The van der Waals surface area contributed by atoms with Crippen molar-refractivity contribution in [3.05, 3.63) is 66.0 Å². The molecule has 1 heterocycles. The first-order valence-corrected chi connectivity index (χ1v) is 5.91. The molecule has 88 valence electrons. The number of aromatic nitrogens is 1. The lowest BCUT2D eigenvalue weighted by molar-refractivity contribution is 0.0326. The molecule has 0 aliphatic carbocycles. The average molecular weight is 227 g/mol. The molecule has 0 bridgehead atoms. The Morgan fingerprint density at radius 2 is 1.88 bits per heavy atom. The van der Waals surface area contributed by atoms with Crippen LogP contribution in [0.25, 0.3) is 0 Å². The van der Waals surface area contributed by atoms with Gasteiger partial charge in [-0.3, -0.25) is 4.98 Å². The van der Waals surface area contributed by atoms with Crippen LogP contribution in [0.1, 0.15) is 24.5 Å². The summed E-state index contributed by atoms with van der Waals surface area (Å²) in [5.74, 6) is 0. The molecule has 2 rings (SSSR count). The summed E-state index contributed by atoms with van der Waals surface area (Å²) >= 11 is 0. The second-order valence-corrected chi connectivity index (χ2v) is 4.29. The topological polar surface area (TPSA) is 33.1 Å². The summed E-state index contributed by atoms with van der Waals surface area (Å²) < 4.78 is 0. The molecule has 0 aliphatic rings. The monoisotopic (exact) mass is 227 g/mol. The van der Waals surface area contributed by atoms with Crippen LogP contribution in [0.5, 0.6) is 0 Å². The van der Waals surface area contributed by atoms with E-state index in [9.17, 15) is 5.11 Å². The van der Waals surface area contributed by atoms with Gasteiger partial charge in [0.2, 0.25) is 0 Å². The van der Waals surface area contributed by atoms with Crippen molar-refractivity contribution in [2.75, 3.05) is 0 Å². The highest BCUT2D eigenvalue weighted by molar-refractivity contribution is 5.25. The second kappa shape index (κ2) is 5.11. The zero-order valence-corrected chi connectivity index (χ0v) is 10.0. The van der Waals surface area contributed by atoms with Gasteiger partial charge in [-0.25, -0.2) is 0 Å². The van der Waals surface area contributed by atoms with Crippen LogP contribution in [0.3, 0.4) is 0 Å². The smallest absolute Gasteiger partial charge is 0.0934 e. The zero-order valence-electron chi connectivity index (χ0n) is 10.0. The molecule has 1 atom stereocenters. The maximum atomic E-state index is 10.7. The van der Waals surface area contributed by atoms with Crippen LogP contribution in [0.4, 0.5) is 0 Å². The van der Waals surface area contributed by atoms with E-state index in [1.807, 2.05) is 55.6 Å². The van der Waals surface area contributed by atoms with Gasteiger partial charge in [0, 0.05) is 18.8 Å². The largest absolute Gasteiger partial charge is 0.385 e. The van der Waals surface area contributed by atoms with E-state index in [1.165, 1.54) is 0 Å². The summed E-state index contributed by atoms with van der Waals surface area (Å²) in [6.07, 6.45) is 4.84. The average Bonchev–Trinajstić information content (AvgIpc) is 2.41. The Morgan fingerprint density at radius 3 is 2.47 bits per heavy atom. The van der Waals surface area contributed by atoms with Gasteiger partial charge in [-0.15, -0.1) is 0 Å². The molecule has 1 N–H and O–H groups in total. The number of hydrogen-bond donors (Lipinski definition) is 1. The molecule has 1 aromatic carbocycles. The fraction of sp³-hybridized carbons (Fsp3) is 0.267. The molecule has 0 spiro atoms. The number of benzene rings is 1. The Bertz CT molecular complexity index is 455. The summed E-state index contributed by atoms with van der Waals surface area (Å²) in [5, 5.41) is 10.7. The first kappa shape index (κ1) is 11.8. The number of aliphatic hydroxyl groups is 1. The third-order valence-electron chi connectivity index (χ3n) is 3.12. The van der Waals surface area contributed by atoms with Crippen molar-refractivity contribution >= 4 is 0 Å². The summed E-state index contributed by atoms with van der Waals surface area (Å²) in [4.78, 5) is 4.09. The van der Waals surface area contributed by atoms with Crippen molar-refractivity contribution in [1.29, 1.82) is 0 Å². The molecule has 0 amide bonds. The summed E-state index contributed by atoms with van der Waals surface area (Å²) in [6.45, 7) is 2.00. The molecule has 0 saturated heterocycles. The maximum absolute atomic E-state index is 10.7. The molecule has 2 heteroatoms. The van der Waals surface area contributed by atoms with Gasteiger partial charge in [0.1, 0.15) is 0 Å². The van der Waals surface area contributed by atoms with Gasteiger partial charge in [0.25, 0.3) is 0 Å². The van der Waals surface area contributed by atoms with Crippen LogP contribution in [0, 0.1) is 0 Å². The quantitative estimate of drug-likeness (QED) is 0.871. The van der Waals surface area contributed by atoms with E-state index in [-0.39, 0.29) is 0 Å². The second-order valence-electron chi connectivity index (χ2n) is 4.29. The SMILES string of the molecule is CCC(O)(Cc1cccnc1)c1ccccc1. The molecule has 0 fully saturated rings. The Kier molecular flexibility index (Phi) is 3.55. The third-order valence-corrected chi connectivity index (χ3v) is 3.12. The molecular weight excluding hydrogens is 210 g/mol. The minimum atomic E-state index is -0.801. The van der Waals surface area contributed by atoms with E-state index in [2.05, 4.69) is 4.98 Å². The van der Waals surface area contributed by atoms with E-state index >= 15 is 0 Å². The number of pyridine rings is 1. The van der Waals surface area contributed by atoms with Gasteiger partial charge in [-0.2, -0.15) is 0 Å². The number of hydrogen-bond acceptors (Lipinski definition) is 2. The van der Waals surface area contributed by atoms with Gasteiger partial charge in [0.15, 0.2) is 0 Å². The van der Waals surface area contributed by atoms with Crippen molar-refractivity contribution in [3.8, 4) is 0 Å². The van der Waals surface area contributed by atoms with Gasteiger partial charge in [-0.1, -0.05) is 43.3 Å². The normalized spacial score (nSPS) is 14.2. The molecule has 1 unspecified atom stereocenters. The lowest BCUT2D eigenvalue weighted by Gasteiger charge is -2.27. The fourth-order valence-corrected chi connectivity index (χ4v) is 2.02. The lowest BCUT2D eigenvalue weighted by Crippen LogP contribution is -2.27. The van der Waals surface area contributed by atoms with Gasteiger partial charge in [0.05, 0.1) is 5.60 Å². The van der Waals surface area contributed by atoms with Crippen molar-refractivity contribution in [3.63, 3.8) is 0 Å². The van der Waals surface area contributed by atoms with Crippen LogP contribution >= 0.6 is 0 Å². The zero-order chi connectivity index (χ0) is 12.1. The van der Waals surface area contributed by atoms with Crippen LogP contribution in [-0.4, -0.2) is 10.1 Å². The van der Waals surface area contributed by atoms with E-state index in [0.717, 1.165) is 11.1 Å². The van der Waals surface area contributed by atoms with Crippen molar-refractivity contribution < 1.29 is 5.11 Å². The van der Waals surface area contributed by atoms with Gasteiger partial charge in [-0.05, 0) is 23.6 Å². The van der Waals surface area contributed by atoms with E-state index in [4.69, 9.17) is 0 Å². The predicted octanol–water partition coefficient (Wildman–Crippen LogP) is 2.92. The molecule has 17 heavy (non-hydrogen) atoms. The minimum absolute atomic E-state index is 0.599. The molecule has 0 radical (unpaired) electrons. The molecule has 0 saturated carbocycles. The van der Waals surface area contributed by atoms with E-state index < -0.39 is 5.60 Å². The predicted molar refractivity (Wildman–Crippen MR) is 68.6 cm³/mol. The first-order chi connectivity index (χ1) is 8.24. The van der Waals surface area contributed by atoms with E-state index in [0.29, 0.717) is 12.8 Å². The summed E-state index contributed by atoms with van der Waals surface area (Å²) in [5.41, 5.74) is 1.22. The molecule has 2 nitrogen and oxygen atoms in total. The van der Waals surface area contributed by atoms with Gasteiger partial charge >= 0.3 is 0 Å². The Labute approximate surface area is 102 Å². The van der Waals surface area contributed by atoms with Crippen LogP contribution in [0.15, 0.2) is 54.9 Å². The van der Waals surface area contributed by atoms with Crippen LogP contribution in [-0.2, 0) is 12.0 Å². The number of rotatable bonds is 4. The van der Waals surface area contributed by atoms with Gasteiger partial charge < -0.3 is 5.11 Å². The van der Waals surface area contributed by atoms with Crippen LogP contribution in [0.2, 0.25) is 0 Å². The fourth-order valence-electron chi connectivity index (χ4n) is 2.02. The summed E-state index contributed by atoms with van der Waals surface area (Å²) in [7, 11) is 0. The number of nitrogens with zero attached hydrogens (tertiary/aromatic N) is 1. The Balaban J connectivity index is 2.27. The van der Waals surface area contributed by atoms with Crippen LogP contribution < -0.4 is 0 Å². The van der Waals surface area contributed by atoms with Crippen molar-refractivity contribution in [2.24, 2.45) is 0 Å². The Hall–Kier alpha value is -1.67. The van der Waals surface area contributed by atoms with Crippen molar-refractivity contribution in [2.45, 2.75) is 25.4 Å².